The molecule has 2 N–H and O–H groups in total. The number of rotatable bonds is 6. The van der Waals surface area contributed by atoms with Gasteiger partial charge in [-0.15, -0.1) is 0 Å². The molecule has 0 fully saturated rings. The summed E-state index contributed by atoms with van der Waals surface area (Å²) in [5, 5.41) is 13.0. The molecule has 0 unspecified atom stereocenters. The first-order valence-corrected chi connectivity index (χ1v) is 8.56. The largest absolute Gasteiger partial charge is 0.438 e. The zero-order valence-electron chi connectivity index (χ0n) is 15.2. The molecule has 0 atom stereocenters. The molecule has 3 aromatic rings. The molecule has 1 amide bonds. The van der Waals surface area contributed by atoms with Crippen LogP contribution in [0.4, 0.5) is 0 Å². The van der Waals surface area contributed by atoms with E-state index in [1.807, 2.05) is 18.2 Å². The minimum Gasteiger partial charge on any atom is -0.438 e. The Balaban J connectivity index is 1.77. The Morgan fingerprint density at radius 2 is 1.89 bits per heavy atom. The second-order valence-electron chi connectivity index (χ2n) is 6.58. The molecule has 0 saturated carbocycles. The number of ether oxygens (including phenoxy) is 1. The van der Waals surface area contributed by atoms with Gasteiger partial charge in [0.25, 0.3) is 5.91 Å². The van der Waals surface area contributed by atoms with E-state index < -0.39 is 5.60 Å². The fourth-order valence-corrected chi connectivity index (χ4v) is 2.47. The van der Waals surface area contributed by atoms with Gasteiger partial charge in [0.2, 0.25) is 5.88 Å². The maximum Gasteiger partial charge on any atom is 0.257 e. The van der Waals surface area contributed by atoms with Gasteiger partial charge < -0.3 is 15.2 Å². The fourth-order valence-electron chi connectivity index (χ4n) is 2.47. The third kappa shape index (κ3) is 4.89. The standard InChI is InChI=1S/C21H21N3O3/c1-21(2,26)16-5-3-6-17(13-16)27-20-18(7-4-10-23-20)19(25)24-14-15-8-11-22-12-9-15/h3-13,26H,14H2,1-2H3,(H,24,25). The summed E-state index contributed by atoms with van der Waals surface area (Å²) in [5.74, 6) is 0.419. The van der Waals surface area contributed by atoms with Crippen LogP contribution in [-0.2, 0) is 12.1 Å². The van der Waals surface area contributed by atoms with Crippen LogP contribution < -0.4 is 10.1 Å². The predicted molar refractivity (Wildman–Crippen MR) is 101 cm³/mol. The topological polar surface area (TPSA) is 84.3 Å². The van der Waals surface area contributed by atoms with Gasteiger partial charge in [-0.25, -0.2) is 4.98 Å². The molecular weight excluding hydrogens is 342 g/mol. The fraction of sp³-hybridized carbons (Fsp3) is 0.190. The van der Waals surface area contributed by atoms with Gasteiger partial charge >= 0.3 is 0 Å². The molecule has 6 heteroatoms. The van der Waals surface area contributed by atoms with Gasteiger partial charge in [-0.2, -0.15) is 0 Å². The summed E-state index contributed by atoms with van der Waals surface area (Å²) in [4.78, 5) is 20.7. The Morgan fingerprint density at radius 3 is 2.63 bits per heavy atom. The van der Waals surface area contributed by atoms with E-state index >= 15 is 0 Å². The van der Waals surface area contributed by atoms with Gasteiger partial charge in [0.05, 0.1) is 5.60 Å². The summed E-state index contributed by atoms with van der Waals surface area (Å²) >= 11 is 0. The van der Waals surface area contributed by atoms with Crippen LogP contribution in [0.2, 0.25) is 0 Å². The number of amides is 1. The van der Waals surface area contributed by atoms with E-state index in [-0.39, 0.29) is 11.8 Å². The maximum atomic E-state index is 12.6. The van der Waals surface area contributed by atoms with Crippen molar-refractivity contribution in [3.05, 3.63) is 83.8 Å². The SMILES string of the molecule is CC(C)(O)c1cccc(Oc2ncccc2C(=O)NCc2ccncc2)c1. The van der Waals surface area contributed by atoms with Crippen LogP contribution in [0.1, 0.15) is 35.3 Å². The summed E-state index contributed by atoms with van der Waals surface area (Å²) in [5.41, 5.74) is 0.997. The highest BCUT2D eigenvalue weighted by Crippen LogP contribution is 2.27. The average Bonchev–Trinajstić information content (AvgIpc) is 2.67. The zero-order chi connectivity index (χ0) is 19.3. The van der Waals surface area contributed by atoms with Crippen molar-refractivity contribution in [2.75, 3.05) is 0 Å². The van der Waals surface area contributed by atoms with Crippen LogP contribution in [-0.4, -0.2) is 21.0 Å². The summed E-state index contributed by atoms with van der Waals surface area (Å²) in [6.45, 7) is 3.78. The number of hydrogen-bond acceptors (Lipinski definition) is 5. The van der Waals surface area contributed by atoms with Crippen LogP contribution in [0.25, 0.3) is 0 Å². The molecule has 2 heterocycles. The smallest absolute Gasteiger partial charge is 0.257 e. The molecule has 0 bridgehead atoms. The van der Waals surface area contributed by atoms with E-state index in [2.05, 4.69) is 15.3 Å². The van der Waals surface area contributed by atoms with Crippen molar-refractivity contribution < 1.29 is 14.6 Å². The summed E-state index contributed by atoms with van der Waals surface area (Å²) in [6, 6.07) is 14.1. The number of nitrogens with zero attached hydrogens (tertiary/aromatic N) is 2. The average molecular weight is 363 g/mol. The number of hydrogen-bond donors (Lipinski definition) is 2. The summed E-state index contributed by atoms with van der Waals surface area (Å²) in [6.07, 6.45) is 4.92. The lowest BCUT2D eigenvalue weighted by molar-refractivity contribution is 0.0783. The highest BCUT2D eigenvalue weighted by Gasteiger charge is 2.18. The molecule has 0 aliphatic carbocycles. The molecule has 0 saturated heterocycles. The minimum absolute atomic E-state index is 0.206. The Labute approximate surface area is 157 Å². The molecular formula is C21H21N3O3. The third-order valence-electron chi connectivity index (χ3n) is 3.97. The van der Waals surface area contributed by atoms with Crippen LogP contribution >= 0.6 is 0 Å². The van der Waals surface area contributed by atoms with Crippen molar-refractivity contribution >= 4 is 5.91 Å². The first kappa shape index (κ1) is 18.5. The van der Waals surface area contributed by atoms with E-state index in [4.69, 9.17) is 4.74 Å². The number of aromatic nitrogens is 2. The van der Waals surface area contributed by atoms with Crippen molar-refractivity contribution in [1.29, 1.82) is 0 Å². The molecule has 2 aromatic heterocycles. The van der Waals surface area contributed by atoms with E-state index in [1.54, 1.807) is 62.8 Å². The number of carbonyl (C=O) groups excluding carboxylic acids is 1. The molecule has 0 spiro atoms. The van der Waals surface area contributed by atoms with Crippen LogP contribution in [0.15, 0.2) is 67.1 Å². The highest BCUT2D eigenvalue weighted by atomic mass is 16.5. The first-order chi connectivity index (χ1) is 12.9. The Hall–Kier alpha value is -3.25. The number of nitrogens with one attached hydrogen (secondary N) is 1. The molecule has 0 aliphatic rings. The van der Waals surface area contributed by atoms with Gasteiger partial charge in [-0.1, -0.05) is 12.1 Å². The van der Waals surface area contributed by atoms with Crippen LogP contribution in [0.5, 0.6) is 11.6 Å². The lowest BCUT2D eigenvalue weighted by Crippen LogP contribution is -2.23. The molecule has 138 valence electrons. The molecule has 0 radical (unpaired) electrons. The second kappa shape index (κ2) is 7.97. The van der Waals surface area contributed by atoms with E-state index in [0.29, 0.717) is 23.4 Å². The number of aliphatic hydroxyl groups is 1. The van der Waals surface area contributed by atoms with E-state index in [9.17, 15) is 9.90 Å². The van der Waals surface area contributed by atoms with Crippen molar-refractivity contribution in [3.63, 3.8) is 0 Å². The lowest BCUT2D eigenvalue weighted by atomic mass is 9.98. The van der Waals surface area contributed by atoms with Crippen molar-refractivity contribution in [2.24, 2.45) is 0 Å². The highest BCUT2D eigenvalue weighted by molar-refractivity contribution is 5.96. The normalized spacial score (nSPS) is 11.1. The lowest BCUT2D eigenvalue weighted by Gasteiger charge is -2.18. The molecule has 1 aromatic carbocycles. The van der Waals surface area contributed by atoms with Gasteiger partial charge in [0, 0.05) is 25.1 Å². The minimum atomic E-state index is -0.992. The Kier molecular flexibility index (Phi) is 5.47. The third-order valence-corrected chi connectivity index (χ3v) is 3.97. The van der Waals surface area contributed by atoms with Crippen LogP contribution in [0, 0.1) is 0 Å². The second-order valence-corrected chi connectivity index (χ2v) is 6.58. The maximum absolute atomic E-state index is 12.6. The quantitative estimate of drug-likeness (QED) is 0.701. The molecule has 0 aliphatic heterocycles. The number of carbonyl (C=O) groups is 1. The zero-order valence-corrected chi connectivity index (χ0v) is 15.2. The monoisotopic (exact) mass is 363 g/mol. The molecule has 6 nitrogen and oxygen atoms in total. The predicted octanol–water partition coefficient (Wildman–Crippen LogP) is 3.43. The van der Waals surface area contributed by atoms with Gasteiger partial charge in [0.1, 0.15) is 11.3 Å². The van der Waals surface area contributed by atoms with Gasteiger partial charge in [-0.05, 0) is 61.4 Å². The molecule has 3 rings (SSSR count). The number of pyridine rings is 2. The number of benzene rings is 1. The Bertz CT molecular complexity index is 921. The van der Waals surface area contributed by atoms with E-state index in [1.165, 1.54) is 0 Å². The van der Waals surface area contributed by atoms with Gasteiger partial charge in [-0.3, -0.25) is 9.78 Å². The van der Waals surface area contributed by atoms with Gasteiger partial charge in [0.15, 0.2) is 0 Å². The molecule has 27 heavy (non-hydrogen) atoms. The van der Waals surface area contributed by atoms with Crippen molar-refractivity contribution in [3.8, 4) is 11.6 Å². The van der Waals surface area contributed by atoms with Crippen molar-refractivity contribution in [2.45, 2.75) is 26.0 Å². The summed E-state index contributed by atoms with van der Waals surface area (Å²) in [7, 11) is 0. The van der Waals surface area contributed by atoms with E-state index in [0.717, 1.165) is 5.56 Å². The first-order valence-electron chi connectivity index (χ1n) is 8.56. The van der Waals surface area contributed by atoms with Crippen molar-refractivity contribution in [1.82, 2.24) is 15.3 Å². The Morgan fingerprint density at radius 1 is 1.11 bits per heavy atom. The summed E-state index contributed by atoms with van der Waals surface area (Å²) < 4.78 is 5.83. The van der Waals surface area contributed by atoms with Crippen LogP contribution in [0.3, 0.4) is 0 Å².